The van der Waals surface area contributed by atoms with Crippen molar-refractivity contribution < 1.29 is 22.7 Å². The zero-order valence-electron chi connectivity index (χ0n) is 21.8. The average Bonchev–Trinajstić information content (AvgIpc) is 2.90. The molecule has 2 amide bonds. The van der Waals surface area contributed by atoms with Crippen LogP contribution in [0.25, 0.3) is 0 Å². The van der Waals surface area contributed by atoms with Gasteiger partial charge in [0.1, 0.15) is 18.3 Å². The Labute approximate surface area is 229 Å². The summed E-state index contributed by atoms with van der Waals surface area (Å²) >= 11 is 6.33. The third-order valence-electron chi connectivity index (χ3n) is 6.03. The average molecular weight is 558 g/mol. The van der Waals surface area contributed by atoms with E-state index in [1.165, 1.54) is 36.3 Å². The first-order chi connectivity index (χ1) is 18.1. The number of anilines is 1. The Balaban J connectivity index is 2.06. The molecule has 10 heteroatoms. The third-order valence-corrected chi connectivity index (χ3v) is 8.11. The maximum atomic E-state index is 13.8. The Bertz CT molecular complexity index is 1360. The highest BCUT2D eigenvalue weighted by Gasteiger charge is 2.32. The molecule has 202 valence electrons. The van der Waals surface area contributed by atoms with Crippen LogP contribution in [-0.2, 0) is 26.2 Å². The predicted octanol–water partition coefficient (Wildman–Crippen LogP) is 4.41. The van der Waals surface area contributed by atoms with E-state index in [2.05, 4.69) is 5.32 Å². The van der Waals surface area contributed by atoms with Gasteiger partial charge in [-0.05, 0) is 56.7 Å². The quantitative estimate of drug-likeness (QED) is 0.377. The van der Waals surface area contributed by atoms with Crippen LogP contribution in [0.2, 0.25) is 5.02 Å². The van der Waals surface area contributed by atoms with Crippen molar-refractivity contribution >= 4 is 39.1 Å². The zero-order chi connectivity index (χ0) is 27.9. The van der Waals surface area contributed by atoms with Crippen LogP contribution >= 0.6 is 11.6 Å². The van der Waals surface area contributed by atoms with Crippen molar-refractivity contribution in [1.82, 2.24) is 10.2 Å². The summed E-state index contributed by atoms with van der Waals surface area (Å²) in [6, 6.07) is 19.2. The van der Waals surface area contributed by atoms with E-state index in [0.29, 0.717) is 12.3 Å². The molecule has 38 heavy (non-hydrogen) atoms. The molecule has 0 radical (unpaired) electrons. The normalized spacial score (nSPS) is 11.9. The van der Waals surface area contributed by atoms with Gasteiger partial charge in [0.2, 0.25) is 11.8 Å². The van der Waals surface area contributed by atoms with Crippen molar-refractivity contribution in [1.29, 1.82) is 0 Å². The minimum Gasteiger partial charge on any atom is -0.495 e. The Hall–Kier alpha value is -3.56. The Morgan fingerprint density at radius 1 is 1.03 bits per heavy atom. The number of benzene rings is 3. The maximum absolute atomic E-state index is 13.8. The van der Waals surface area contributed by atoms with Gasteiger partial charge in [-0.25, -0.2) is 8.42 Å². The number of aryl methyl sites for hydroxylation is 1. The molecule has 0 aliphatic heterocycles. The molecule has 0 heterocycles. The molecule has 8 nitrogen and oxygen atoms in total. The highest BCUT2D eigenvalue weighted by atomic mass is 35.5. The Morgan fingerprint density at radius 3 is 2.26 bits per heavy atom. The van der Waals surface area contributed by atoms with E-state index in [1.54, 1.807) is 32.0 Å². The Kier molecular flexibility index (Phi) is 9.77. The van der Waals surface area contributed by atoms with Gasteiger partial charge in [-0.15, -0.1) is 0 Å². The predicted molar refractivity (Wildman–Crippen MR) is 149 cm³/mol. The van der Waals surface area contributed by atoms with E-state index in [9.17, 15) is 18.0 Å². The number of carbonyl (C=O) groups excluding carboxylic acids is 2. The maximum Gasteiger partial charge on any atom is 0.264 e. The number of sulfonamides is 1. The number of amides is 2. The molecule has 0 aliphatic carbocycles. The number of hydrogen-bond donors (Lipinski definition) is 1. The molecule has 3 aromatic rings. The third kappa shape index (κ3) is 6.85. The molecule has 1 unspecified atom stereocenters. The molecular formula is C28H32ClN3O5S. The van der Waals surface area contributed by atoms with Gasteiger partial charge >= 0.3 is 0 Å². The topological polar surface area (TPSA) is 96.0 Å². The van der Waals surface area contributed by atoms with Gasteiger partial charge in [0, 0.05) is 13.1 Å². The summed E-state index contributed by atoms with van der Waals surface area (Å²) in [5.74, 6) is -0.516. The van der Waals surface area contributed by atoms with Crippen LogP contribution in [0.4, 0.5) is 5.69 Å². The number of rotatable bonds is 11. The van der Waals surface area contributed by atoms with Gasteiger partial charge in [-0.2, -0.15) is 0 Å². The van der Waals surface area contributed by atoms with E-state index < -0.39 is 28.5 Å². The van der Waals surface area contributed by atoms with Gasteiger partial charge in [0.25, 0.3) is 10.0 Å². The molecule has 0 fully saturated rings. The zero-order valence-corrected chi connectivity index (χ0v) is 23.4. The van der Waals surface area contributed by atoms with Crippen LogP contribution in [0.1, 0.15) is 25.0 Å². The first-order valence-electron chi connectivity index (χ1n) is 12.1. The van der Waals surface area contributed by atoms with Crippen LogP contribution in [-0.4, -0.2) is 51.4 Å². The monoisotopic (exact) mass is 557 g/mol. The van der Waals surface area contributed by atoms with Crippen molar-refractivity contribution in [2.75, 3.05) is 24.5 Å². The largest absolute Gasteiger partial charge is 0.495 e. The number of carbonyl (C=O) groups is 2. The van der Waals surface area contributed by atoms with Crippen molar-refractivity contribution in [2.24, 2.45) is 0 Å². The molecule has 0 spiro atoms. The molecule has 0 saturated carbocycles. The number of halogens is 1. The van der Waals surface area contributed by atoms with E-state index in [4.69, 9.17) is 16.3 Å². The second kappa shape index (κ2) is 12.8. The van der Waals surface area contributed by atoms with Crippen LogP contribution in [0.15, 0.2) is 77.7 Å². The second-order valence-corrected chi connectivity index (χ2v) is 11.0. The number of ether oxygens (including phenoxy) is 1. The summed E-state index contributed by atoms with van der Waals surface area (Å²) in [5, 5.41) is 2.93. The highest BCUT2D eigenvalue weighted by Crippen LogP contribution is 2.32. The summed E-state index contributed by atoms with van der Waals surface area (Å²) in [6.07, 6.45) is 0. The fourth-order valence-electron chi connectivity index (χ4n) is 3.86. The lowest BCUT2D eigenvalue weighted by molar-refractivity contribution is -0.139. The lowest BCUT2D eigenvalue weighted by Gasteiger charge is -2.32. The summed E-state index contributed by atoms with van der Waals surface area (Å²) in [4.78, 5) is 27.9. The van der Waals surface area contributed by atoms with Crippen molar-refractivity contribution in [3.8, 4) is 5.75 Å². The lowest BCUT2D eigenvalue weighted by atomic mass is 10.1. The van der Waals surface area contributed by atoms with Crippen LogP contribution in [0.3, 0.4) is 0 Å². The summed E-state index contributed by atoms with van der Waals surface area (Å²) < 4.78 is 33.9. The number of nitrogens with one attached hydrogen (secondary N) is 1. The number of methoxy groups -OCH3 is 1. The van der Waals surface area contributed by atoms with Crippen molar-refractivity contribution in [3.05, 3.63) is 88.9 Å². The first-order valence-corrected chi connectivity index (χ1v) is 13.9. The van der Waals surface area contributed by atoms with Crippen LogP contribution in [0, 0.1) is 6.92 Å². The fourth-order valence-corrected chi connectivity index (χ4v) is 5.52. The first kappa shape index (κ1) is 29.0. The SMILES string of the molecule is CCNC(=O)C(C)N(Cc1ccccc1)C(=O)CN(c1ccc(OC)c(Cl)c1)S(=O)(=O)c1ccc(C)cc1. The lowest BCUT2D eigenvalue weighted by Crippen LogP contribution is -2.51. The van der Waals surface area contributed by atoms with E-state index in [0.717, 1.165) is 15.4 Å². The van der Waals surface area contributed by atoms with E-state index in [-0.39, 0.29) is 28.1 Å². The summed E-state index contributed by atoms with van der Waals surface area (Å²) in [6.45, 7) is 5.24. The number of nitrogens with zero attached hydrogens (tertiary/aromatic N) is 2. The molecular weight excluding hydrogens is 526 g/mol. The minimum absolute atomic E-state index is 0.0224. The summed E-state index contributed by atoms with van der Waals surface area (Å²) in [7, 11) is -2.73. The molecule has 0 saturated heterocycles. The molecule has 3 aromatic carbocycles. The molecule has 0 aliphatic rings. The van der Waals surface area contributed by atoms with E-state index >= 15 is 0 Å². The van der Waals surface area contributed by atoms with Crippen LogP contribution < -0.4 is 14.4 Å². The fraction of sp³-hybridized carbons (Fsp3) is 0.286. The van der Waals surface area contributed by atoms with Gasteiger partial charge in [-0.3, -0.25) is 13.9 Å². The molecule has 3 rings (SSSR count). The van der Waals surface area contributed by atoms with E-state index in [1.807, 2.05) is 37.3 Å². The Morgan fingerprint density at radius 2 is 1.68 bits per heavy atom. The van der Waals surface area contributed by atoms with Crippen molar-refractivity contribution in [2.45, 2.75) is 38.3 Å². The van der Waals surface area contributed by atoms with Gasteiger partial charge < -0.3 is 15.0 Å². The number of hydrogen-bond acceptors (Lipinski definition) is 5. The smallest absolute Gasteiger partial charge is 0.264 e. The minimum atomic E-state index is -4.18. The molecule has 1 atom stereocenters. The van der Waals surface area contributed by atoms with Crippen LogP contribution in [0.5, 0.6) is 5.75 Å². The standard InChI is InChI=1S/C28H32ClN3O5S/c1-5-30-28(34)21(3)31(18-22-9-7-6-8-10-22)27(33)19-32(23-13-16-26(37-4)25(29)17-23)38(35,36)24-14-11-20(2)12-15-24/h6-17,21H,5,18-19H2,1-4H3,(H,30,34). The second-order valence-electron chi connectivity index (χ2n) is 8.72. The van der Waals surface area contributed by atoms with Gasteiger partial charge in [0.05, 0.1) is 22.7 Å². The molecule has 0 aromatic heterocycles. The molecule has 1 N–H and O–H groups in total. The number of likely N-dealkylation sites (N-methyl/N-ethyl adjacent to an activating group) is 1. The molecule has 0 bridgehead atoms. The van der Waals surface area contributed by atoms with Gasteiger partial charge in [0.15, 0.2) is 0 Å². The highest BCUT2D eigenvalue weighted by molar-refractivity contribution is 7.92. The van der Waals surface area contributed by atoms with Gasteiger partial charge in [-0.1, -0.05) is 59.6 Å². The summed E-state index contributed by atoms with van der Waals surface area (Å²) in [5.41, 5.74) is 1.89. The van der Waals surface area contributed by atoms with Crippen molar-refractivity contribution in [3.63, 3.8) is 0 Å².